The normalized spacial score (nSPS) is 15.2. The first kappa shape index (κ1) is 20.5. The lowest BCUT2D eigenvalue weighted by Crippen LogP contribution is -2.40. The molecule has 2 N–H and O–H groups in total. The van der Waals surface area contributed by atoms with Gasteiger partial charge in [0.1, 0.15) is 5.82 Å². The summed E-state index contributed by atoms with van der Waals surface area (Å²) in [7, 11) is -3.71. The van der Waals surface area contributed by atoms with Crippen molar-refractivity contribution in [3.8, 4) is 0 Å². The summed E-state index contributed by atoms with van der Waals surface area (Å²) < 4.78 is 44.9. The van der Waals surface area contributed by atoms with Gasteiger partial charge in [0.05, 0.1) is 28.8 Å². The van der Waals surface area contributed by atoms with Crippen molar-refractivity contribution in [2.45, 2.75) is 11.4 Å². The van der Waals surface area contributed by atoms with Crippen LogP contribution in [0.4, 0.5) is 14.9 Å². The number of amides is 2. The highest BCUT2D eigenvalue weighted by molar-refractivity contribution is 7.89. The van der Waals surface area contributed by atoms with Crippen molar-refractivity contribution in [1.29, 1.82) is 0 Å². The van der Waals surface area contributed by atoms with Gasteiger partial charge in [-0.15, -0.1) is 0 Å². The van der Waals surface area contributed by atoms with Crippen LogP contribution in [0.1, 0.15) is 5.56 Å². The van der Waals surface area contributed by atoms with Gasteiger partial charge in [0, 0.05) is 19.6 Å². The van der Waals surface area contributed by atoms with Gasteiger partial charge >= 0.3 is 6.03 Å². The molecule has 10 heteroatoms. The first-order chi connectivity index (χ1) is 13.4. The molecule has 1 fully saturated rings. The molecule has 1 heterocycles. The monoisotopic (exact) mass is 427 g/mol. The summed E-state index contributed by atoms with van der Waals surface area (Å²) in [6, 6.07) is 9.28. The minimum absolute atomic E-state index is 0.0348. The zero-order chi connectivity index (χ0) is 20.1. The number of rotatable bonds is 5. The van der Waals surface area contributed by atoms with Crippen LogP contribution in [-0.2, 0) is 21.3 Å². The summed E-state index contributed by atoms with van der Waals surface area (Å²) in [5, 5.41) is 5.36. The van der Waals surface area contributed by atoms with E-state index in [1.165, 1.54) is 34.6 Å². The van der Waals surface area contributed by atoms with Crippen LogP contribution in [0.2, 0.25) is 5.02 Å². The molecule has 1 saturated heterocycles. The van der Waals surface area contributed by atoms with Crippen LogP contribution in [0.3, 0.4) is 0 Å². The van der Waals surface area contributed by atoms with Crippen molar-refractivity contribution in [1.82, 2.24) is 9.62 Å². The summed E-state index contributed by atoms with van der Waals surface area (Å²) in [5.41, 5.74) is 0.888. The second kappa shape index (κ2) is 8.87. The number of nitrogens with zero attached hydrogens (tertiary/aromatic N) is 1. The number of hydrogen-bond donors (Lipinski definition) is 2. The number of halogens is 2. The number of nitrogens with one attached hydrogen (secondary N) is 2. The maximum absolute atomic E-state index is 12.9. The Morgan fingerprint density at radius 2 is 1.82 bits per heavy atom. The fraction of sp³-hybridized carbons (Fsp3) is 0.278. The Morgan fingerprint density at radius 3 is 2.50 bits per heavy atom. The van der Waals surface area contributed by atoms with Crippen LogP contribution in [-0.4, -0.2) is 45.1 Å². The molecule has 0 aromatic heterocycles. The highest BCUT2D eigenvalue weighted by Gasteiger charge is 2.27. The number of carbonyl (C=O) groups excluding carboxylic acids is 1. The molecule has 1 aliphatic heterocycles. The molecule has 1 aliphatic rings. The van der Waals surface area contributed by atoms with Crippen LogP contribution < -0.4 is 10.6 Å². The molecule has 2 amide bonds. The molecule has 0 aliphatic carbocycles. The second-order valence-corrected chi connectivity index (χ2v) is 8.44. The van der Waals surface area contributed by atoms with Crippen molar-refractivity contribution in [3.63, 3.8) is 0 Å². The largest absolute Gasteiger partial charge is 0.379 e. The van der Waals surface area contributed by atoms with Crippen molar-refractivity contribution in [2.24, 2.45) is 0 Å². The number of benzene rings is 2. The lowest BCUT2D eigenvalue weighted by Gasteiger charge is -2.26. The van der Waals surface area contributed by atoms with E-state index in [0.717, 1.165) is 0 Å². The predicted octanol–water partition coefficient (Wildman–Crippen LogP) is 2.82. The Labute approximate surface area is 167 Å². The SMILES string of the molecule is O=C(NCc1ccc(F)cc1)Nc1cc(S(=O)(=O)N2CCOCC2)ccc1Cl. The Bertz CT molecular complexity index is 948. The van der Waals surface area contributed by atoms with E-state index in [2.05, 4.69) is 10.6 Å². The molecule has 2 aromatic carbocycles. The van der Waals surface area contributed by atoms with Gasteiger partial charge in [-0.1, -0.05) is 23.7 Å². The number of anilines is 1. The number of morpholine rings is 1. The van der Waals surface area contributed by atoms with E-state index in [1.54, 1.807) is 12.1 Å². The Balaban J connectivity index is 1.68. The van der Waals surface area contributed by atoms with Gasteiger partial charge in [0.2, 0.25) is 10.0 Å². The fourth-order valence-electron chi connectivity index (χ4n) is 2.65. The predicted molar refractivity (Wildman–Crippen MR) is 103 cm³/mol. The zero-order valence-corrected chi connectivity index (χ0v) is 16.4. The van der Waals surface area contributed by atoms with Gasteiger partial charge in [0.15, 0.2) is 0 Å². The number of sulfonamides is 1. The third-order valence-electron chi connectivity index (χ3n) is 4.16. The number of urea groups is 1. The Kier molecular flexibility index (Phi) is 6.50. The van der Waals surface area contributed by atoms with Crippen LogP contribution in [0, 0.1) is 5.82 Å². The summed E-state index contributed by atoms with van der Waals surface area (Å²) in [5.74, 6) is -0.363. The zero-order valence-electron chi connectivity index (χ0n) is 14.8. The van der Waals surface area contributed by atoms with Gasteiger partial charge in [-0.25, -0.2) is 17.6 Å². The molecule has 0 atom stereocenters. The lowest BCUT2D eigenvalue weighted by atomic mass is 10.2. The van der Waals surface area contributed by atoms with E-state index in [9.17, 15) is 17.6 Å². The van der Waals surface area contributed by atoms with E-state index in [0.29, 0.717) is 18.8 Å². The fourth-order valence-corrected chi connectivity index (χ4v) is 4.25. The first-order valence-corrected chi connectivity index (χ1v) is 10.3. The van der Waals surface area contributed by atoms with E-state index in [-0.39, 0.29) is 41.1 Å². The third-order valence-corrected chi connectivity index (χ3v) is 6.38. The van der Waals surface area contributed by atoms with Crippen molar-refractivity contribution < 1.29 is 22.3 Å². The van der Waals surface area contributed by atoms with Crippen molar-refractivity contribution >= 4 is 33.3 Å². The molecular formula is C18H19ClFN3O4S. The van der Waals surface area contributed by atoms with E-state index in [4.69, 9.17) is 16.3 Å². The average Bonchev–Trinajstić information content (AvgIpc) is 2.70. The maximum atomic E-state index is 12.9. The minimum atomic E-state index is -3.71. The molecule has 7 nitrogen and oxygen atoms in total. The third kappa shape index (κ3) is 4.99. The van der Waals surface area contributed by atoms with Gasteiger partial charge in [0.25, 0.3) is 0 Å². The summed E-state index contributed by atoms with van der Waals surface area (Å²) in [6.45, 7) is 1.39. The summed E-state index contributed by atoms with van der Waals surface area (Å²) in [6.07, 6.45) is 0. The molecule has 28 heavy (non-hydrogen) atoms. The van der Waals surface area contributed by atoms with Gasteiger partial charge < -0.3 is 15.4 Å². The van der Waals surface area contributed by atoms with Crippen LogP contribution in [0.15, 0.2) is 47.4 Å². The highest BCUT2D eigenvalue weighted by atomic mass is 35.5. The van der Waals surface area contributed by atoms with Crippen molar-refractivity contribution in [2.75, 3.05) is 31.6 Å². The molecule has 0 unspecified atom stereocenters. The van der Waals surface area contributed by atoms with Gasteiger partial charge in [-0.05, 0) is 35.9 Å². The molecule has 0 radical (unpaired) electrons. The first-order valence-electron chi connectivity index (χ1n) is 8.53. The number of hydrogen-bond acceptors (Lipinski definition) is 4. The summed E-state index contributed by atoms with van der Waals surface area (Å²) in [4.78, 5) is 12.2. The highest BCUT2D eigenvalue weighted by Crippen LogP contribution is 2.27. The topological polar surface area (TPSA) is 87.7 Å². The van der Waals surface area contributed by atoms with E-state index < -0.39 is 16.1 Å². The minimum Gasteiger partial charge on any atom is -0.379 e. The number of carbonyl (C=O) groups is 1. The second-order valence-electron chi connectivity index (χ2n) is 6.09. The van der Waals surface area contributed by atoms with Crippen LogP contribution >= 0.6 is 11.6 Å². The van der Waals surface area contributed by atoms with E-state index >= 15 is 0 Å². The standard InChI is InChI=1S/C18H19ClFN3O4S/c19-16-6-5-15(28(25,26)23-7-9-27-10-8-23)11-17(16)22-18(24)21-12-13-1-3-14(20)4-2-13/h1-6,11H,7-10,12H2,(H2,21,22,24). The smallest absolute Gasteiger partial charge is 0.319 e. The summed E-state index contributed by atoms with van der Waals surface area (Å²) >= 11 is 6.10. The Morgan fingerprint density at radius 1 is 1.14 bits per heavy atom. The maximum Gasteiger partial charge on any atom is 0.319 e. The van der Waals surface area contributed by atoms with Crippen LogP contribution in [0.25, 0.3) is 0 Å². The molecule has 0 saturated carbocycles. The van der Waals surface area contributed by atoms with Crippen LogP contribution in [0.5, 0.6) is 0 Å². The van der Waals surface area contributed by atoms with Gasteiger partial charge in [-0.3, -0.25) is 0 Å². The lowest BCUT2D eigenvalue weighted by molar-refractivity contribution is 0.0730. The van der Waals surface area contributed by atoms with Gasteiger partial charge in [-0.2, -0.15) is 4.31 Å². The Hall–Kier alpha value is -2.20. The molecular weight excluding hydrogens is 409 g/mol. The molecule has 2 aromatic rings. The molecule has 3 rings (SSSR count). The molecule has 150 valence electrons. The molecule has 0 bridgehead atoms. The quantitative estimate of drug-likeness (QED) is 0.768. The average molecular weight is 428 g/mol. The number of ether oxygens (including phenoxy) is 1. The molecule has 0 spiro atoms. The van der Waals surface area contributed by atoms with E-state index in [1.807, 2.05) is 0 Å². The van der Waals surface area contributed by atoms with Crippen molar-refractivity contribution in [3.05, 3.63) is 58.9 Å².